The van der Waals surface area contributed by atoms with E-state index in [0.29, 0.717) is 12.6 Å². The second kappa shape index (κ2) is 4.58. The lowest BCUT2D eigenvalue weighted by molar-refractivity contribution is 0.181. The van der Waals surface area contributed by atoms with E-state index in [-0.39, 0.29) is 18.4 Å². The van der Waals surface area contributed by atoms with Crippen LogP contribution in [0.3, 0.4) is 0 Å². The van der Waals surface area contributed by atoms with Gasteiger partial charge >= 0.3 is 0 Å². The van der Waals surface area contributed by atoms with E-state index < -0.39 is 0 Å². The first-order valence-corrected chi connectivity index (χ1v) is 4.84. The highest BCUT2D eigenvalue weighted by atomic mass is 16.3. The molecule has 0 radical (unpaired) electrons. The predicted molar refractivity (Wildman–Crippen MR) is 52.8 cm³/mol. The van der Waals surface area contributed by atoms with Crippen molar-refractivity contribution in [1.29, 1.82) is 5.41 Å². The summed E-state index contributed by atoms with van der Waals surface area (Å²) in [5.41, 5.74) is 5.40. The molecule has 0 amide bonds. The Morgan fingerprint density at radius 3 is 2.69 bits per heavy atom. The van der Waals surface area contributed by atoms with Crippen LogP contribution >= 0.6 is 0 Å². The molecule has 1 atom stereocenters. The minimum atomic E-state index is 0.104. The smallest absolute Gasteiger partial charge is 0.0947 e. The van der Waals surface area contributed by atoms with Crippen molar-refractivity contribution in [3.05, 3.63) is 0 Å². The van der Waals surface area contributed by atoms with Crippen LogP contribution in [0.1, 0.15) is 19.8 Å². The van der Waals surface area contributed by atoms with Crippen LogP contribution in [0.2, 0.25) is 0 Å². The Kier molecular flexibility index (Phi) is 3.69. The lowest BCUT2D eigenvalue weighted by Gasteiger charge is -2.23. The summed E-state index contributed by atoms with van der Waals surface area (Å²) in [4.78, 5) is 2.23. The number of nitrogens with zero attached hydrogens (tertiary/aromatic N) is 1. The van der Waals surface area contributed by atoms with Gasteiger partial charge in [0.1, 0.15) is 0 Å². The van der Waals surface area contributed by atoms with Crippen LogP contribution in [0, 0.1) is 11.3 Å². The number of aliphatic hydroxyl groups is 1. The maximum atomic E-state index is 8.84. The molecule has 1 fully saturated rings. The van der Waals surface area contributed by atoms with Crippen LogP contribution < -0.4 is 5.73 Å². The fourth-order valence-electron chi connectivity index (χ4n) is 1.44. The Morgan fingerprint density at radius 2 is 2.31 bits per heavy atom. The average molecular weight is 185 g/mol. The second-order valence-corrected chi connectivity index (χ2v) is 3.81. The molecule has 0 heterocycles. The first kappa shape index (κ1) is 10.5. The lowest BCUT2D eigenvalue weighted by Crippen LogP contribution is -2.37. The summed E-state index contributed by atoms with van der Waals surface area (Å²) < 4.78 is 0. The maximum absolute atomic E-state index is 8.84. The van der Waals surface area contributed by atoms with Gasteiger partial charge in [-0.25, -0.2) is 0 Å². The third kappa shape index (κ3) is 3.32. The monoisotopic (exact) mass is 185 g/mol. The van der Waals surface area contributed by atoms with Gasteiger partial charge in [-0.15, -0.1) is 0 Å². The van der Waals surface area contributed by atoms with E-state index >= 15 is 0 Å². The van der Waals surface area contributed by atoms with Crippen molar-refractivity contribution in [2.45, 2.75) is 25.8 Å². The van der Waals surface area contributed by atoms with Crippen molar-refractivity contribution < 1.29 is 5.11 Å². The Labute approximate surface area is 79.2 Å². The van der Waals surface area contributed by atoms with Crippen LogP contribution in [-0.4, -0.2) is 41.6 Å². The molecule has 1 saturated carbocycles. The minimum Gasteiger partial charge on any atom is -0.395 e. The zero-order chi connectivity index (χ0) is 9.84. The molecule has 13 heavy (non-hydrogen) atoms. The van der Waals surface area contributed by atoms with Gasteiger partial charge in [0.05, 0.1) is 12.4 Å². The van der Waals surface area contributed by atoms with E-state index in [2.05, 4.69) is 4.90 Å². The molecule has 76 valence electrons. The normalized spacial score (nSPS) is 19.0. The van der Waals surface area contributed by atoms with E-state index in [1.807, 2.05) is 6.92 Å². The maximum Gasteiger partial charge on any atom is 0.0947 e. The van der Waals surface area contributed by atoms with E-state index in [9.17, 15) is 0 Å². The molecule has 0 aliphatic heterocycles. The Hall–Kier alpha value is -0.610. The first-order valence-electron chi connectivity index (χ1n) is 4.84. The summed E-state index contributed by atoms with van der Waals surface area (Å²) >= 11 is 0. The van der Waals surface area contributed by atoms with Gasteiger partial charge in [-0.1, -0.05) is 6.92 Å². The zero-order valence-corrected chi connectivity index (χ0v) is 8.16. The molecule has 4 heteroatoms. The van der Waals surface area contributed by atoms with E-state index in [1.165, 1.54) is 12.8 Å². The highest BCUT2D eigenvalue weighted by molar-refractivity contribution is 5.79. The van der Waals surface area contributed by atoms with Crippen molar-refractivity contribution >= 4 is 5.84 Å². The third-order valence-electron chi connectivity index (χ3n) is 2.49. The molecule has 0 saturated heterocycles. The minimum absolute atomic E-state index is 0.104. The van der Waals surface area contributed by atoms with Gasteiger partial charge < -0.3 is 10.8 Å². The number of amidine groups is 1. The quantitative estimate of drug-likeness (QED) is 0.403. The fourth-order valence-corrected chi connectivity index (χ4v) is 1.44. The van der Waals surface area contributed by atoms with Crippen molar-refractivity contribution in [2.75, 3.05) is 19.7 Å². The van der Waals surface area contributed by atoms with Gasteiger partial charge in [-0.3, -0.25) is 10.3 Å². The first-order chi connectivity index (χ1) is 6.15. The van der Waals surface area contributed by atoms with Crippen LogP contribution in [0.15, 0.2) is 0 Å². The third-order valence-corrected chi connectivity index (χ3v) is 2.49. The molecule has 1 rings (SSSR count). The number of hydrogen-bond donors (Lipinski definition) is 3. The number of aliphatic hydroxyl groups excluding tert-OH is 1. The van der Waals surface area contributed by atoms with Gasteiger partial charge in [-0.2, -0.15) is 0 Å². The Morgan fingerprint density at radius 1 is 1.69 bits per heavy atom. The summed E-state index contributed by atoms with van der Waals surface area (Å²) in [7, 11) is 0. The van der Waals surface area contributed by atoms with Crippen LogP contribution in [-0.2, 0) is 0 Å². The molecule has 0 bridgehead atoms. The molecule has 1 unspecified atom stereocenters. The molecular weight excluding hydrogens is 166 g/mol. The van der Waals surface area contributed by atoms with Crippen LogP contribution in [0.4, 0.5) is 0 Å². The van der Waals surface area contributed by atoms with Gasteiger partial charge in [0.2, 0.25) is 0 Å². The molecule has 1 aliphatic carbocycles. The molecule has 4 nitrogen and oxygen atoms in total. The van der Waals surface area contributed by atoms with Crippen LogP contribution in [0.5, 0.6) is 0 Å². The number of nitrogens with one attached hydrogen (secondary N) is 1. The largest absolute Gasteiger partial charge is 0.395 e. The summed E-state index contributed by atoms with van der Waals surface area (Å²) in [6, 6.07) is 0.633. The van der Waals surface area contributed by atoms with E-state index in [0.717, 1.165) is 6.54 Å². The standard InChI is InChI=1S/C9H19N3O/c1-7(9(10)11)6-12(4-5-13)8-2-3-8/h7-8,13H,2-6H2,1H3,(H3,10,11). The summed E-state index contributed by atoms with van der Waals surface area (Å²) in [5.74, 6) is 0.343. The molecule has 4 N–H and O–H groups in total. The zero-order valence-electron chi connectivity index (χ0n) is 8.16. The van der Waals surface area contributed by atoms with Crippen molar-refractivity contribution in [2.24, 2.45) is 11.7 Å². The summed E-state index contributed by atoms with van der Waals surface area (Å²) in [6.07, 6.45) is 2.45. The molecule has 1 aliphatic rings. The number of hydrogen-bond acceptors (Lipinski definition) is 3. The molecule has 0 spiro atoms. The predicted octanol–water partition coefficient (Wildman–Crippen LogP) is 0.0152. The molecule has 0 aromatic heterocycles. The van der Waals surface area contributed by atoms with Gasteiger partial charge in [0, 0.05) is 25.0 Å². The molecule has 0 aromatic rings. The van der Waals surface area contributed by atoms with E-state index in [1.54, 1.807) is 0 Å². The van der Waals surface area contributed by atoms with Gasteiger partial charge in [0.25, 0.3) is 0 Å². The molecular formula is C9H19N3O. The highest BCUT2D eigenvalue weighted by Gasteiger charge is 2.29. The van der Waals surface area contributed by atoms with Gasteiger partial charge in [0.15, 0.2) is 0 Å². The number of rotatable bonds is 6. The van der Waals surface area contributed by atoms with Crippen molar-refractivity contribution in [1.82, 2.24) is 4.90 Å². The molecule has 0 aromatic carbocycles. The number of nitrogens with two attached hydrogens (primary N) is 1. The highest BCUT2D eigenvalue weighted by Crippen LogP contribution is 2.26. The summed E-state index contributed by atoms with van der Waals surface area (Å²) in [6.45, 7) is 3.67. The average Bonchev–Trinajstić information content (AvgIpc) is 2.85. The van der Waals surface area contributed by atoms with Crippen LogP contribution in [0.25, 0.3) is 0 Å². The SMILES string of the molecule is CC(CN(CCO)C1CC1)C(=N)N. The van der Waals surface area contributed by atoms with Crippen molar-refractivity contribution in [3.8, 4) is 0 Å². The summed E-state index contributed by atoms with van der Waals surface area (Å²) in [5, 5.41) is 16.1. The fraction of sp³-hybridized carbons (Fsp3) is 0.889. The Bertz CT molecular complexity index is 180. The lowest BCUT2D eigenvalue weighted by atomic mass is 10.1. The second-order valence-electron chi connectivity index (χ2n) is 3.81. The van der Waals surface area contributed by atoms with Crippen molar-refractivity contribution in [3.63, 3.8) is 0 Å². The van der Waals surface area contributed by atoms with E-state index in [4.69, 9.17) is 16.2 Å². The Balaban J connectivity index is 2.32. The van der Waals surface area contributed by atoms with Gasteiger partial charge in [-0.05, 0) is 12.8 Å². The topological polar surface area (TPSA) is 73.3 Å².